The largest absolute Gasteiger partial charge is 0.493 e. The van der Waals surface area contributed by atoms with E-state index in [2.05, 4.69) is 41.2 Å². The van der Waals surface area contributed by atoms with E-state index in [0.29, 0.717) is 23.8 Å². The van der Waals surface area contributed by atoms with Gasteiger partial charge >= 0.3 is 0 Å². The van der Waals surface area contributed by atoms with Gasteiger partial charge in [-0.25, -0.2) is 0 Å². The molecule has 0 aromatic heterocycles. The smallest absolute Gasteiger partial charge is 0.244 e. The lowest BCUT2D eigenvalue weighted by atomic mass is 10.0. The van der Waals surface area contributed by atoms with Gasteiger partial charge in [-0.05, 0) is 66.8 Å². The van der Waals surface area contributed by atoms with Crippen molar-refractivity contribution in [3.05, 3.63) is 57.1 Å². The lowest BCUT2D eigenvalue weighted by Crippen LogP contribution is -2.20. The Hall–Kier alpha value is -2.47. The molecule has 2 aromatic carbocycles. The molecule has 0 heterocycles. The van der Waals surface area contributed by atoms with Gasteiger partial charge in [0.05, 0.1) is 21.3 Å². The molecule has 0 aliphatic rings. The first kappa shape index (κ1) is 21.8. The zero-order valence-electron chi connectivity index (χ0n) is 17.1. The maximum absolute atomic E-state index is 12.4. The number of amides is 1. The number of ether oxygens (including phenoxy) is 3. The molecule has 0 spiro atoms. The number of rotatable bonds is 7. The van der Waals surface area contributed by atoms with E-state index in [9.17, 15) is 4.79 Å². The normalized spacial score (nSPS) is 11.2. The van der Waals surface area contributed by atoms with Crippen molar-refractivity contribution >= 4 is 27.4 Å². The standard InChI is InChI=1S/C22H26BrNO4/c1-13-7-17(11-18(23)15(13)3)14(2)8-21(25)24-12-16-9-19(26-4)22(28-6)20(10-16)27-5/h7-11H,12H2,1-6H3,(H,24,25)/b14-8-. The van der Waals surface area contributed by atoms with Gasteiger partial charge in [0.25, 0.3) is 0 Å². The van der Waals surface area contributed by atoms with Crippen molar-refractivity contribution in [3.8, 4) is 17.2 Å². The number of nitrogens with one attached hydrogen (secondary N) is 1. The number of benzene rings is 2. The number of allylic oxidation sites excluding steroid dienone is 1. The summed E-state index contributed by atoms with van der Waals surface area (Å²) in [6.45, 7) is 6.39. The molecule has 1 N–H and O–H groups in total. The summed E-state index contributed by atoms with van der Waals surface area (Å²) < 4.78 is 17.0. The minimum atomic E-state index is -0.166. The zero-order chi connectivity index (χ0) is 20.8. The minimum Gasteiger partial charge on any atom is -0.493 e. The predicted molar refractivity (Wildman–Crippen MR) is 115 cm³/mol. The van der Waals surface area contributed by atoms with Crippen LogP contribution in [0.25, 0.3) is 5.57 Å². The first-order chi connectivity index (χ1) is 13.3. The van der Waals surface area contributed by atoms with Crippen LogP contribution in [0.5, 0.6) is 17.2 Å². The van der Waals surface area contributed by atoms with Gasteiger partial charge in [-0.1, -0.05) is 22.0 Å². The van der Waals surface area contributed by atoms with Crippen LogP contribution < -0.4 is 19.5 Å². The van der Waals surface area contributed by atoms with Crippen LogP contribution in [0.2, 0.25) is 0 Å². The maximum atomic E-state index is 12.4. The van der Waals surface area contributed by atoms with Crippen LogP contribution >= 0.6 is 15.9 Å². The molecule has 0 radical (unpaired) electrons. The van der Waals surface area contributed by atoms with E-state index in [1.165, 1.54) is 11.1 Å². The topological polar surface area (TPSA) is 56.8 Å². The molecule has 2 rings (SSSR count). The van der Waals surface area contributed by atoms with Crippen molar-refractivity contribution in [2.75, 3.05) is 21.3 Å². The summed E-state index contributed by atoms with van der Waals surface area (Å²) in [5, 5.41) is 2.90. The Balaban J connectivity index is 2.15. The summed E-state index contributed by atoms with van der Waals surface area (Å²) in [7, 11) is 4.68. The van der Waals surface area contributed by atoms with E-state index in [4.69, 9.17) is 14.2 Å². The van der Waals surface area contributed by atoms with Crippen LogP contribution in [-0.2, 0) is 11.3 Å². The van der Waals surface area contributed by atoms with Gasteiger partial charge < -0.3 is 19.5 Å². The van der Waals surface area contributed by atoms with Crippen molar-refractivity contribution < 1.29 is 19.0 Å². The Morgan fingerprint density at radius 1 is 1.04 bits per heavy atom. The average molecular weight is 448 g/mol. The van der Waals surface area contributed by atoms with Crippen LogP contribution in [0.15, 0.2) is 34.8 Å². The van der Waals surface area contributed by atoms with E-state index in [1.54, 1.807) is 27.4 Å². The fourth-order valence-electron chi connectivity index (χ4n) is 2.80. The van der Waals surface area contributed by atoms with Gasteiger partial charge in [0, 0.05) is 17.1 Å². The summed E-state index contributed by atoms with van der Waals surface area (Å²) in [6, 6.07) is 7.75. The Kier molecular flexibility index (Phi) is 7.52. The van der Waals surface area contributed by atoms with Crippen LogP contribution in [0, 0.1) is 13.8 Å². The molecule has 5 nitrogen and oxygen atoms in total. The zero-order valence-corrected chi connectivity index (χ0v) is 18.7. The Labute approximate surface area is 174 Å². The highest BCUT2D eigenvalue weighted by atomic mass is 79.9. The SMILES string of the molecule is COc1cc(CNC(=O)/C=C(/C)c2cc(C)c(C)c(Br)c2)cc(OC)c1OC. The second-order valence-electron chi connectivity index (χ2n) is 6.48. The molecule has 0 atom stereocenters. The summed E-state index contributed by atoms with van der Waals surface area (Å²) in [6.07, 6.45) is 1.61. The van der Waals surface area contributed by atoms with Crippen LogP contribution in [0.1, 0.15) is 29.2 Å². The summed E-state index contributed by atoms with van der Waals surface area (Å²) in [5.74, 6) is 1.47. The monoisotopic (exact) mass is 447 g/mol. The molecule has 0 aliphatic carbocycles. The van der Waals surface area contributed by atoms with Gasteiger partial charge in [-0.3, -0.25) is 4.79 Å². The highest BCUT2D eigenvalue weighted by Crippen LogP contribution is 2.38. The summed E-state index contributed by atoms with van der Waals surface area (Å²) in [4.78, 5) is 12.4. The number of aryl methyl sites for hydroxylation is 1. The first-order valence-electron chi connectivity index (χ1n) is 8.82. The second-order valence-corrected chi connectivity index (χ2v) is 7.33. The lowest BCUT2D eigenvalue weighted by Gasteiger charge is -2.14. The van der Waals surface area contributed by atoms with Gasteiger partial charge in [0.15, 0.2) is 11.5 Å². The first-order valence-corrected chi connectivity index (χ1v) is 9.62. The predicted octanol–water partition coefficient (Wildman–Crippen LogP) is 4.81. The molecule has 28 heavy (non-hydrogen) atoms. The van der Waals surface area contributed by atoms with Crippen LogP contribution in [-0.4, -0.2) is 27.2 Å². The summed E-state index contributed by atoms with van der Waals surface area (Å²) in [5.41, 5.74) is 5.13. The molecule has 0 fully saturated rings. The molecule has 6 heteroatoms. The van der Waals surface area contributed by atoms with Crippen LogP contribution in [0.4, 0.5) is 0 Å². The molecule has 150 valence electrons. The van der Waals surface area contributed by atoms with E-state index in [0.717, 1.165) is 21.2 Å². The summed E-state index contributed by atoms with van der Waals surface area (Å²) >= 11 is 3.57. The van der Waals surface area contributed by atoms with Crippen molar-refractivity contribution in [1.82, 2.24) is 5.32 Å². The van der Waals surface area contributed by atoms with Gasteiger partial charge in [-0.15, -0.1) is 0 Å². The van der Waals surface area contributed by atoms with E-state index in [-0.39, 0.29) is 5.91 Å². The average Bonchev–Trinajstić information content (AvgIpc) is 2.68. The van der Waals surface area contributed by atoms with Gasteiger partial charge in [0.1, 0.15) is 0 Å². The number of hydrogen-bond acceptors (Lipinski definition) is 4. The van der Waals surface area contributed by atoms with Gasteiger partial charge in [0.2, 0.25) is 11.7 Å². The van der Waals surface area contributed by atoms with Gasteiger partial charge in [-0.2, -0.15) is 0 Å². The van der Waals surface area contributed by atoms with Crippen molar-refractivity contribution in [3.63, 3.8) is 0 Å². The van der Waals surface area contributed by atoms with Crippen LogP contribution in [0.3, 0.4) is 0 Å². The molecule has 0 saturated heterocycles. The lowest BCUT2D eigenvalue weighted by molar-refractivity contribution is -0.116. The van der Waals surface area contributed by atoms with E-state index >= 15 is 0 Å². The highest BCUT2D eigenvalue weighted by Gasteiger charge is 2.13. The van der Waals surface area contributed by atoms with E-state index in [1.807, 2.05) is 25.1 Å². The Morgan fingerprint density at radius 2 is 1.64 bits per heavy atom. The van der Waals surface area contributed by atoms with Crippen molar-refractivity contribution in [2.24, 2.45) is 0 Å². The maximum Gasteiger partial charge on any atom is 0.244 e. The van der Waals surface area contributed by atoms with E-state index < -0.39 is 0 Å². The number of carbonyl (C=O) groups is 1. The molecule has 0 saturated carbocycles. The fourth-order valence-corrected chi connectivity index (χ4v) is 3.36. The Bertz CT molecular complexity index is 857. The number of hydrogen-bond donors (Lipinski definition) is 1. The molecule has 2 aromatic rings. The Morgan fingerprint density at radius 3 is 2.14 bits per heavy atom. The molecule has 0 bridgehead atoms. The minimum absolute atomic E-state index is 0.166. The second kappa shape index (κ2) is 9.64. The fraction of sp³-hybridized carbons (Fsp3) is 0.318. The third kappa shape index (κ3) is 5.07. The molecular weight excluding hydrogens is 422 g/mol. The van der Waals surface area contributed by atoms with Crippen molar-refractivity contribution in [2.45, 2.75) is 27.3 Å². The third-order valence-corrected chi connectivity index (χ3v) is 5.42. The molecule has 0 unspecified atom stereocenters. The number of carbonyl (C=O) groups excluding carboxylic acids is 1. The quantitative estimate of drug-likeness (QED) is 0.618. The third-order valence-electron chi connectivity index (χ3n) is 4.60. The molecule has 1 amide bonds. The molecular formula is C22H26BrNO4. The molecule has 0 aliphatic heterocycles. The highest BCUT2D eigenvalue weighted by molar-refractivity contribution is 9.10. The number of halogens is 1. The van der Waals surface area contributed by atoms with Crippen molar-refractivity contribution in [1.29, 1.82) is 0 Å². The number of methoxy groups -OCH3 is 3.